The summed E-state index contributed by atoms with van der Waals surface area (Å²) in [4.78, 5) is 0. The first kappa shape index (κ1) is 13.7. The van der Waals surface area contributed by atoms with Gasteiger partial charge in [0.05, 0.1) is 28.3 Å². The standard InChI is InChI=1S/C17H8N4/c18-9-12-7-14(10-19)16(15(8-12)11-20)6-5-13-3-1-2-4-17(13)21/h1-4,7-8H,21H2. The third-order valence-corrected chi connectivity index (χ3v) is 2.79. The van der Waals surface area contributed by atoms with Crippen molar-refractivity contribution in [1.82, 2.24) is 0 Å². The maximum Gasteiger partial charge on any atom is 0.101 e. The Labute approximate surface area is 122 Å². The molecule has 0 atom stereocenters. The lowest BCUT2D eigenvalue weighted by Gasteiger charge is -2.00. The molecule has 0 aliphatic rings. The van der Waals surface area contributed by atoms with Crippen molar-refractivity contribution in [3.63, 3.8) is 0 Å². The molecule has 4 nitrogen and oxygen atoms in total. The van der Waals surface area contributed by atoms with Crippen LogP contribution in [-0.2, 0) is 0 Å². The van der Waals surface area contributed by atoms with E-state index in [2.05, 4.69) is 11.8 Å². The topological polar surface area (TPSA) is 97.4 Å². The fraction of sp³-hybridized carbons (Fsp3) is 0. The van der Waals surface area contributed by atoms with Gasteiger partial charge in [-0.05, 0) is 24.3 Å². The summed E-state index contributed by atoms with van der Waals surface area (Å²) in [6, 6.07) is 15.7. The molecule has 0 bridgehead atoms. The zero-order chi connectivity index (χ0) is 15.2. The van der Waals surface area contributed by atoms with Gasteiger partial charge in [-0.1, -0.05) is 24.0 Å². The van der Waals surface area contributed by atoms with Gasteiger partial charge in [0.25, 0.3) is 0 Å². The lowest BCUT2D eigenvalue weighted by molar-refractivity contribution is 1.40. The number of nitrogens with two attached hydrogens (primary N) is 1. The van der Waals surface area contributed by atoms with E-state index in [1.54, 1.807) is 24.3 Å². The van der Waals surface area contributed by atoms with Gasteiger partial charge in [0.2, 0.25) is 0 Å². The van der Waals surface area contributed by atoms with Crippen LogP contribution in [-0.4, -0.2) is 0 Å². The first-order chi connectivity index (χ1) is 10.2. The summed E-state index contributed by atoms with van der Waals surface area (Å²) in [5, 5.41) is 27.2. The molecule has 0 amide bonds. The Bertz CT molecular complexity index is 858. The molecule has 2 rings (SSSR count). The second-order valence-electron chi connectivity index (χ2n) is 4.12. The molecule has 0 aromatic heterocycles. The minimum Gasteiger partial charge on any atom is -0.398 e. The van der Waals surface area contributed by atoms with E-state index in [-0.39, 0.29) is 16.7 Å². The van der Waals surface area contributed by atoms with Crippen LogP contribution in [0.5, 0.6) is 0 Å². The summed E-state index contributed by atoms with van der Waals surface area (Å²) in [7, 11) is 0. The van der Waals surface area contributed by atoms with Crippen molar-refractivity contribution < 1.29 is 0 Å². The minimum absolute atomic E-state index is 0.201. The van der Waals surface area contributed by atoms with Crippen molar-refractivity contribution in [1.29, 1.82) is 15.8 Å². The van der Waals surface area contributed by atoms with Gasteiger partial charge in [0.1, 0.15) is 12.1 Å². The Kier molecular flexibility index (Phi) is 3.87. The number of hydrogen-bond donors (Lipinski definition) is 1. The molecule has 0 heterocycles. The molecule has 0 saturated carbocycles. The summed E-state index contributed by atoms with van der Waals surface area (Å²) in [6.45, 7) is 0. The molecule has 0 fully saturated rings. The van der Waals surface area contributed by atoms with Crippen LogP contribution in [0.2, 0.25) is 0 Å². The van der Waals surface area contributed by atoms with Crippen LogP contribution >= 0.6 is 0 Å². The Morgan fingerprint density at radius 2 is 1.38 bits per heavy atom. The van der Waals surface area contributed by atoms with Crippen molar-refractivity contribution in [3.8, 4) is 30.0 Å². The predicted octanol–water partition coefficient (Wildman–Crippen LogP) is 2.28. The van der Waals surface area contributed by atoms with Gasteiger partial charge in [-0.15, -0.1) is 0 Å². The quantitative estimate of drug-likeness (QED) is 0.585. The van der Waals surface area contributed by atoms with E-state index in [0.29, 0.717) is 16.8 Å². The Hall–Kier alpha value is -3.73. The van der Waals surface area contributed by atoms with Crippen LogP contribution in [0.25, 0.3) is 0 Å². The fourth-order valence-electron chi connectivity index (χ4n) is 1.76. The second-order valence-corrected chi connectivity index (χ2v) is 4.12. The van der Waals surface area contributed by atoms with Crippen molar-refractivity contribution in [2.45, 2.75) is 0 Å². The summed E-state index contributed by atoms with van der Waals surface area (Å²) in [5.41, 5.74) is 7.91. The Morgan fingerprint density at radius 3 is 1.90 bits per heavy atom. The molecular weight excluding hydrogens is 260 g/mol. The largest absolute Gasteiger partial charge is 0.398 e. The number of rotatable bonds is 0. The van der Waals surface area contributed by atoms with Crippen LogP contribution in [0.1, 0.15) is 27.8 Å². The Balaban J connectivity index is 2.62. The second kappa shape index (κ2) is 5.94. The lowest BCUT2D eigenvalue weighted by Crippen LogP contribution is -1.93. The number of benzene rings is 2. The van der Waals surface area contributed by atoms with Crippen LogP contribution in [0.3, 0.4) is 0 Å². The molecule has 0 aliphatic carbocycles. The van der Waals surface area contributed by atoms with Crippen molar-refractivity contribution >= 4 is 5.69 Å². The van der Waals surface area contributed by atoms with Gasteiger partial charge >= 0.3 is 0 Å². The molecule has 4 heteroatoms. The van der Waals surface area contributed by atoms with E-state index < -0.39 is 0 Å². The highest BCUT2D eigenvalue weighted by Gasteiger charge is 2.09. The molecule has 2 aromatic carbocycles. The molecule has 21 heavy (non-hydrogen) atoms. The van der Waals surface area contributed by atoms with E-state index in [1.165, 1.54) is 12.1 Å². The SMILES string of the molecule is N#Cc1cc(C#N)c(C#Cc2ccccc2N)c(C#N)c1. The van der Waals surface area contributed by atoms with Gasteiger partial charge in [0, 0.05) is 11.3 Å². The summed E-state index contributed by atoms with van der Waals surface area (Å²) < 4.78 is 0. The molecule has 0 saturated heterocycles. The average Bonchev–Trinajstić information content (AvgIpc) is 2.53. The number of nitrogens with zero attached hydrogens (tertiary/aromatic N) is 3. The van der Waals surface area contributed by atoms with Gasteiger partial charge in [-0.3, -0.25) is 0 Å². The molecule has 96 valence electrons. The van der Waals surface area contributed by atoms with Gasteiger partial charge in [-0.2, -0.15) is 15.8 Å². The van der Waals surface area contributed by atoms with E-state index in [4.69, 9.17) is 21.5 Å². The minimum atomic E-state index is 0.201. The van der Waals surface area contributed by atoms with E-state index in [9.17, 15) is 0 Å². The third-order valence-electron chi connectivity index (χ3n) is 2.79. The molecule has 2 N–H and O–H groups in total. The maximum absolute atomic E-state index is 9.15. The van der Waals surface area contributed by atoms with Crippen molar-refractivity contribution in [2.24, 2.45) is 0 Å². The third kappa shape index (κ3) is 2.82. The number of nitrogen functional groups attached to an aromatic ring is 1. The Morgan fingerprint density at radius 1 is 0.762 bits per heavy atom. The zero-order valence-corrected chi connectivity index (χ0v) is 10.9. The lowest BCUT2D eigenvalue weighted by atomic mass is 9.99. The molecule has 0 aliphatic heterocycles. The van der Waals surface area contributed by atoms with Crippen molar-refractivity contribution in [3.05, 3.63) is 64.2 Å². The highest BCUT2D eigenvalue weighted by molar-refractivity contribution is 5.63. The maximum atomic E-state index is 9.15. The van der Waals surface area contributed by atoms with Gasteiger partial charge in [-0.25, -0.2) is 0 Å². The van der Waals surface area contributed by atoms with E-state index in [0.717, 1.165) is 0 Å². The van der Waals surface area contributed by atoms with Crippen molar-refractivity contribution in [2.75, 3.05) is 5.73 Å². The van der Waals surface area contributed by atoms with Gasteiger partial charge < -0.3 is 5.73 Å². The van der Waals surface area contributed by atoms with E-state index in [1.807, 2.05) is 18.2 Å². The zero-order valence-electron chi connectivity index (χ0n) is 10.9. The van der Waals surface area contributed by atoms with Crippen LogP contribution in [0, 0.1) is 45.8 Å². The molecule has 0 unspecified atom stereocenters. The van der Waals surface area contributed by atoms with Gasteiger partial charge in [0.15, 0.2) is 0 Å². The monoisotopic (exact) mass is 268 g/mol. The number of nitriles is 3. The predicted molar refractivity (Wildman–Crippen MR) is 77.4 cm³/mol. The molecule has 0 spiro atoms. The average molecular weight is 268 g/mol. The summed E-state index contributed by atoms with van der Waals surface area (Å²) >= 11 is 0. The first-order valence-electron chi connectivity index (χ1n) is 5.94. The highest BCUT2D eigenvalue weighted by atomic mass is 14.5. The number of hydrogen-bond acceptors (Lipinski definition) is 4. The highest BCUT2D eigenvalue weighted by Crippen LogP contribution is 2.16. The van der Waals surface area contributed by atoms with Crippen LogP contribution < -0.4 is 5.73 Å². The number of anilines is 1. The number of para-hydroxylation sites is 1. The van der Waals surface area contributed by atoms with Crippen LogP contribution in [0.15, 0.2) is 36.4 Å². The first-order valence-corrected chi connectivity index (χ1v) is 5.94. The smallest absolute Gasteiger partial charge is 0.101 e. The van der Waals surface area contributed by atoms with Crippen LogP contribution in [0.4, 0.5) is 5.69 Å². The summed E-state index contributed by atoms with van der Waals surface area (Å²) in [5.74, 6) is 5.66. The molecule has 0 radical (unpaired) electrons. The molecule has 2 aromatic rings. The van der Waals surface area contributed by atoms with E-state index >= 15 is 0 Å². The summed E-state index contributed by atoms with van der Waals surface area (Å²) in [6.07, 6.45) is 0. The fourth-order valence-corrected chi connectivity index (χ4v) is 1.76. The molecular formula is C17H8N4. The normalized spacial score (nSPS) is 8.62.